The Hall–Kier alpha value is -2.29. The molecule has 1 saturated carbocycles. The van der Waals surface area contributed by atoms with Crippen LogP contribution in [0.15, 0.2) is 73.4 Å². The molecule has 0 saturated heterocycles. The van der Waals surface area contributed by atoms with Crippen molar-refractivity contribution in [1.82, 2.24) is 0 Å². The van der Waals surface area contributed by atoms with Crippen molar-refractivity contribution in [3.63, 3.8) is 0 Å². The maximum absolute atomic E-state index is 13.1. The zero-order chi connectivity index (χ0) is 19.7. The minimum Gasteiger partial charge on any atom is -0.206 e. The molecule has 1 aliphatic rings. The molecule has 2 rings (SSSR count). The monoisotopic (exact) mass is 360 g/mol. The average Bonchev–Trinajstić information content (AvgIpc) is 3.39. The molecule has 0 nitrogen and oxygen atoms in total. The zero-order valence-electron chi connectivity index (χ0n) is 15.6. The first-order valence-corrected chi connectivity index (χ1v) is 8.62. The molecule has 0 aliphatic heterocycles. The van der Waals surface area contributed by atoms with Crippen LogP contribution in [0.25, 0.3) is 5.57 Å². The molecule has 0 radical (unpaired) electrons. The van der Waals surface area contributed by atoms with Gasteiger partial charge in [-0.05, 0) is 50.7 Å². The Bertz CT molecular complexity index is 704. The maximum atomic E-state index is 13.1. The Labute approximate surface area is 155 Å². The highest BCUT2D eigenvalue weighted by Gasteiger charge is 2.22. The van der Waals surface area contributed by atoms with Crippen LogP contribution in [-0.2, 0) is 0 Å². The number of alkyl halides is 2. The Morgan fingerprint density at radius 2 is 1.81 bits per heavy atom. The molecular formula is C23H27F3. The summed E-state index contributed by atoms with van der Waals surface area (Å²) in [7, 11) is 0. The fourth-order valence-electron chi connectivity index (χ4n) is 2.29. The molecule has 1 aromatic carbocycles. The highest BCUT2D eigenvalue weighted by Crippen LogP contribution is 2.35. The number of allylic oxidation sites excluding steroid dienone is 7. The van der Waals surface area contributed by atoms with Crippen molar-refractivity contribution in [2.45, 2.75) is 39.5 Å². The van der Waals surface area contributed by atoms with Crippen LogP contribution in [0.5, 0.6) is 0 Å². The molecule has 140 valence electrons. The molecule has 3 heteroatoms. The van der Waals surface area contributed by atoms with Crippen LogP contribution < -0.4 is 0 Å². The lowest BCUT2D eigenvalue weighted by atomic mass is 10.0. The predicted molar refractivity (Wildman–Crippen MR) is 106 cm³/mol. The van der Waals surface area contributed by atoms with Gasteiger partial charge in [0.25, 0.3) is 6.43 Å². The molecule has 0 aromatic heterocycles. The van der Waals surface area contributed by atoms with Crippen LogP contribution in [0.3, 0.4) is 0 Å². The first kappa shape index (κ1) is 21.8. The zero-order valence-corrected chi connectivity index (χ0v) is 15.6. The lowest BCUT2D eigenvalue weighted by Gasteiger charge is -2.08. The summed E-state index contributed by atoms with van der Waals surface area (Å²) in [5.41, 5.74) is 2.42. The van der Waals surface area contributed by atoms with Gasteiger partial charge >= 0.3 is 0 Å². The van der Waals surface area contributed by atoms with Gasteiger partial charge in [0.15, 0.2) is 0 Å². The maximum Gasteiger partial charge on any atom is 0.264 e. The second kappa shape index (κ2) is 10.6. The van der Waals surface area contributed by atoms with Crippen molar-refractivity contribution in [3.05, 3.63) is 90.3 Å². The standard InChI is InChI=1S/C13H18.C10H9F3/c1-11(2)7-5-4-6-8-12(3)13-9-10-13;1-6(2)9-7(10(12)13)4-3-5-8(9)11/h4-6,8,13H,1,3,7,9-10H2,2H3;3-5,10H,1H2,2H3/b5-4-,8-6-;. The van der Waals surface area contributed by atoms with Crippen molar-refractivity contribution < 1.29 is 13.2 Å². The second-order valence-electron chi connectivity index (χ2n) is 6.58. The summed E-state index contributed by atoms with van der Waals surface area (Å²) in [6.45, 7) is 14.8. The molecule has 0 atom stereocenters. The average molecular weight is 360 g/mol. The summed E-state index contributed by atoms with van der Waals surface area (Å²) in [6, 6.07) is 3.62. The van der Waals surface area contributed by atoms with E-state index < -0.39 is 12.2 Å². The number of benzene rings is 1. The predicted octanol–water partition coefficient (Wildman–Crippen LogP) is 7.83. The van der Waals surface area contributed by atoms with Gasteiger partial charge in [0.2, 0.25) is 0 Å². The Kier molecular flexibility index (Phi) is 8.91. The van der Waals surface area contributed by atoms with Crippen molar-refractivity contribution in [3.8, 4) is 0 Å². The van der Waals surface area contributed by atoms with Crippen molar-refractivity contribution in [2.75, 3.05) is 0 Å². The van der Waals surface area contributed by atoms with E-state index in [0.29, 0.717) is 5.57 Å². The Morgan fingerprint density at radius 1 is 1.15 bits per heavy atom. The van der Waals surface area contributed by atoms with Crippen LogP contribution in [0.2, 0.25) is 0 Å². The summed E-state index contributed by atoms with van der Waals surface area (Å²) in [5, 5.41) is 0. The van der Waals surface area contributed by atoms with Gasteiger partial charge in [-0.3, -0.25) is 0 Å². The third-order valence-corrected chi connectivity index (χ3v) is 3.83. The number of hydrogen-bond donors (Lipinski definition) is 0. The van der Waals surface area contributed by atoms with E-state index in [0.717, 1.165) is 18.4 Å². The van der Waals surface area contributed by atoms with E-state index in [1.807, 2.05) is 6.92 Å². The van der Waals surface area contributed by atoms with Crippen molar-refractivity contribution in [1.29, 1.82) is 0 Å². The van der Waals surface area contributed by atoms with Gasteiger partial charge in [-0.1, -0.05) is 67.3 Å². The van der Waals surface area contributed by atoms with E-state index in [1.54, 1.807) is 0 Å². The first-order chi connectivity index (χ1) is 12.2. The number of rotatable bonds is 7. The molecule has 1 fully saturated rings. The first-order valence-electron chi connectivity index (χ1n) is 8.62. The van der Waals surface area contributed by atoms with Crippen LogP contribution >= 0.6 is 0 Å². The topological polar surface area (TPSA) is 0 Å². The van der Waals surface area contributed by atoms with Gasteiger partial charge in [-0.25, -0.2) is 13.2 Å². The summed E-state index contributed by atoms with van der Waals surface area (Å²) in [4.78, 5) is 0. The summed E-state index contributed by atoms with van der Waals surface area (Å²) in [6.07, 6.45) is 9.36. The Morgan fingerprint density at radius 3 is 2.27 bits per heavy atom. The second-order valence-corrected chi connectivity index (χ2v) is 6.58. The number of halogens is 3. The third-order valence-electron chi connectivity index (χ3n) is 3.83. The van der Waals surface area contributed by atoms with Gasteiger partial charge in [0.05, 0.1) is 0 Å². The van der Waals surface area contributed by atoms with Gasteiger partial charge in [-0.2, -0.15) is 0 Å². The van der Waals surface area contributed by atoms with E-state index in [-0.39, 0.29) is 11.1 Å². The molecule has 0 heterocycles. The molecule has 0 spiro atoms. The minimum absolute atomic E-state index is 0.0718. The smallest absolute Gasteiger partial charge is 0.206 e. The summed E-state index contributed by atoms with van der Waals surface area (Å²) >= 11 is 0. The van der Waals surface area contributed by atoms with Crippen LogP contribution in [0, 0.1) is 11.7 Å². The molecule has 0 amide bonds. The van der Waals surface area contributed by atoms with E-state index in [4.69, 9.17) is 0 Å². The molecule has 1 aliphatic carbocycles. The quantitative estimate of drug-likeness (QED) is 0.343. The normalized spacial score (nSPS) is 13.8. The van der Waals surface area contributed by atoms with Crippen LogP contribution in [0.1, 0.15) is 50.7 Å². The Balaban J connectivity index is 0.000000260. The molecule has 0 bridgehead atoms. The minimum atomic E-state index is -2.66. The molecular weight excluding hydrogens is 333 g/mol. The number of hydrogen-bond acceptors (Lipinski definition) is 0. The van der Waals surface area contributed by atoms with E-state index in [9.17, 15) is 13.2 Å². The summed E-state index contributed by atoms with van der Waals surface area (Å²) in [5.74, 6) is 0.135. The van der Waals surface area contributed by atoms with Crippen molar-refractivity contribution in [2.24, 2.45) is 5.92 Å². The highest BCUT2D eigenvalue weighted by molar-refractivity contribution is 5.65. The largest absolute Gasteiger partial charge is 0.264 e. The fourth-order valence-corrected chi connectivity index (χ4v) is 2.29. The van der Waals surface area contributed by atoms with Crippen LogP contribution in [0.4, 0.5) is 13.2 Å². The SMILES string of the molecule is C=C(C)C/C=C\C=C/C(=C)C1CC1.C=C(C)c1c(F)cccc1C(F)F. The highest BCUT2D eigenvalue weighted by atomic mass is 19.3. The molecule has 0 unspecified atom stereocenters. The van der Waals surface area contributed by atoms with Gasteiger partial charge in [-0.15, -0.1) is 0 Å². The lowest BCUT2D eigenvalue weighted by molar-refractivity contribution is 0.150. The van der Waals surface area contributed by atoms with E-state index in [1.165, 1.54) is 43.0 Å². The van der Waals surface area contributed by atoms with E-state index >= 15 is 0 Å². The fraction of sp³-hybridized carbons (Fsp3) is 0.304. The van der Waals surface area contributed by atoms with Crippen LogP contribution in [-0.4, -0.2) is 0 Å². The van der Waals surface area contributed by atoms with Crippen molar-refractivity contribution >= 4 is 5.57 Å². The molecule has 1 aromatic rings. The van der Waals surface area contributed by atoms with Gasteiger partial charge < -0.3 is 0 Å². The van der Waals surface area contributed by atoms with Gasteiger partial charge in [0, 0.05) is 11.1 Å². The third kappa shape index (κ3) is 7.73. The van der Waals surface area contributed by atoms with Gasteiger partial charge in [0.1, 0.15) is 5.82 Å². The lowest BCUT2D eigenvalue weighted by Crippen LogP contribution is -1.95. The summed E-state index contributed by atoms with van der Waals surface area (Å²) < 4.78 is 37.8. The molecule has 26 heavy (non-hydrogen) atoms. The van der Waals surface area contributed by atoms with E-state index in [2.05, 4.69) is 44.0 Å². The molecule has 0 N–H and O–H groups in total.